The highest BCUT2D eigenvalue weighted by atomic mass is 14.9. The molecule has 2 rings (SSSR count). The first kappa shape index (κ1) is 10.6. The molecular formula is C13H20N2. The number of pyridine rings is 1. The summed E-state index contributed by atoms with van der Waals surface area (Å²) in [5.41, 5.74) is 2.27. The van der Waals surface area contributed by atoms with Gasteiger partial charge in [-0.3, -0.25) is 4.98 Å². The Balaban J connectivity index is 1.87. The van der Waals surface area contributed by atoms with E-state index in [0.717, 1.165) is 23.9 Å². The molecular weight excluding hydrogens is 184 g/mol. The maximum absolute atomic E-state index is 4.50. The number of rotatable bonds is 3. The molecule has 1 fully saturated rings. The van der Waals surface area contributed by atoms with E-state index >= 15 is 0 Å². The Labute approximate surface area is 92.1 Å². The fourth-order valence-electron chi connectivity index (χ4n) is 2.38. The van der Waals surface area contributed by atoms with Crippen molar-refractivity contribution < 1.29 is 0 Å². The number of hydrogen-bond acceptors (Lipinski definition) is 2. The maximum Gasteiger partial charge on any atom is 0.0544 e. The van der Waals surface area contributed by atoms with Gasteiger partial charge in [0.25, 0.3) is 0 Å². The zero-order valence-electron chi connectivity index (χ0n) is 9.66. The molecule has 2 atom stereocenters. The quantitative estimate of drug-likeness (QED) is 0.818. The molecule has 0 saturated heterocycles. The van der Waals surface area contributed by atoms with Gasteiger partial charge in [-0.1, -0.05) is 19.4 Å². The third kappa shape index (κ3) is 2.78. The van der Waals surface area contributed by atoms with E-state index in [-0.39, 0.29) is 0 Å². The van der Waals surface area contributed by atoms with Crippen molar-refractivity contribution in [1.29, 1.82) is 0 Å². The van der Waals surface area contributed by atoms with Gasteiger partial charge in [-0.25, -0.2) is 0 Å². The van der Waals surface area contributed by atoms with Crippen LogP contribution in [0.5, 0.6) is 0 Å². The second kappa shape index (κ2) is 4.75. The molecule has 1 saturated carbocycles. The average molecular weight is 204 g/mol. The van der Waals surface area contributed by atoms with E-state index < -0.39 is 0 Å². The fourth-order valence-corrected chi connectivity index (χ4v) is 2.38. The van der Waals surface area contributed by atoms with Crippen molar-refractivity contribution in [2.75, 3.05) is 0 Å². The smallest absolute Gasteiger partial charge is 0.0544 e. The molecule has 2 heteroatoms. The Hall–Kier alpha value is -0.890. The van der Waals surface area contributed by atoms with Gasteiger partial charge in [0, 0.05) is 18.3 Å². The summed E-state index contributed by atoms with van der Waals surface area (Å²) in [6, 6.07) is 6.92. The summed E-state index contributed by atoms with van der Waals surface area (Å²) in [6.07, 6.45) is 4.08. The van der Waals surface area contributed by atoms with Crippen LogP contribution in [0.2, 0.25) is 0 Å². The Morgan fingerprint density at radius 1 is 1.40 bits per heavy atom. The lowest BCUT2D eigenvalue weighted by molar-refractivity contribution is 0.423. The highest BCUT2D eigenvalue weighted by Gasteiger charge is 2.22. The second-order valence-corrected chi connectivity index (χ2v) is 4.67. The van der Waals surface area contributed by atoms with Crippen LogP contribution in [0, 0.1) is 12.8 Å². The van der Waals surface area contributed by atoms with Gasteiger partial charge in [-0.2, -0.15) is 0 Å². The zero-order valence-corrected chi connectivity index (χ0v) is 9.66. The van der Waals surface area contributed by atoms with Crippen molar-refractivity contribution in [2.45, 2.75) is 45.7 Å². The van der Waals surface area contributed by atoms with Gasteiger partial charge >= 0.3 is 0 Å². The van der Waals surface area contributed by atoms with Crippen LogP contribution in [-0.2, 0) is 6.54 Å². The molecule has 0 aliphatic heterocycles. The molecule has 2 unspecified atom stereocenters. The number of nitrogens with one attached hydrogen (secondary N) is 1. The fraction of sp³-hybridized carbons (Fsp3) is 0.615. The predicted octanol–water partition coefficient (Wildman–Crippen LogP) is 2.67. The van der Waals surface area contributed by atoms with Gasteiger partial charge in [0.1, 0.15) is 0 Å². The molecule has 1 aromatic heterocycles. The van der Waals surface area contributed by atoms with Crippen molar-refractivity contribution in [3.8, 4) is 0 Å². The summed E-state index contributed by atoms with van der Waals surface area (Å²) in [4.78, 5) is 4.50. The molecule has 2 nitrogen and oxygen atoms in total. The van der Waals surface area contributed by atoms with Gasteiger partial charge in [-0.15, -0.1) is 0 Å². The van der Waals surface area contributed by atoms with Crippen LogP contribution >= 0.6 is 0 Å². The molecule has 0 spiro atoms. The molecule has 1 N–H and O–H groups in total. The van der Waals surface area contributed by atoms with Gasteiger partial charge < -0.3 is 5.32 Å². The van der Waals surface area contributed by atoms with E-state index in [1.807, 2.05) is 13.0 Å². The minimum Gasteiger partial charge on any atom is -0.308 e. The van der Waals surface area contributed by atoms with Gasteiger partial charge in [-0.05, 0) is 37.8 Å². The van der Waals surface area contributed by atoms with Crippen molar-refractivity contribution in [2.24, 2.45) is 5.92 Å². The minimum atomic E-state index is 0.701. The molecule has 0 radical (unpaired) electrons. The van der Waals surface area contributed by atoms with Gasteiger partial charge in [0.05, 0.1) is 5.69 Å². The zero-order chi connectivity index (χ0) is 10.7. The predicted molar refractivity (Wildman–Crippen MR) is 62.6 cm³/mol. The third-order valence-corrected chi connectivity index (χ3v) is 3.35. The number of aryl methyl sites for hydroxylation is 1. The van der Waals surface area contributed by atoms with Crippen LogP contribution < -0.4 is 5.32 Å². The lowest BCUT2D eigenvalue weighted by Crippen LogP contribution is -2.30. The SMILES string of the molecule is Cc1cccc(CNC2CCCC2C)n1. The summed E-state index contributed by atoms with van der Waals surface area (Å²) in [5.74, 6) is 0.829. The van der Waals surface area contributed by atoms with Crippen LogP contribution in [0.25, 0.3) is 0 Å². The molecule has 0 amide bonds. The summed E-state index contributed by atoms with van der Waals surface area (Å²) in [7, 11) is 0. The average Bonchev–Trinajstić information content (AvgIpc) is 2.61. The summed E-state index contributed by atoms with van der Waals surface area (Å²) >= 11 is 0. The number of aromatic nitrogens is 1. The number of nitrogens with zero attached hydrogens (tertiary/aromatic N) is 1. The Morgan fingerprint density at radius 3 is 2.93 bits per heavy atom. The lowest BCUT2D eigenvalue weighted by Gasteiger charge is -2.16. The molecule has 82 valence electrons. The molecule has 0 aromatic carbocycles. The molecule has 0 bridgehead atoms. The summed E-state index contributed by atoms with van der Waals surface area (Å²) in [6.45, 7) is 5.30. The topological polar surface area (TPSA) is 24.9 Å². The molecule has 1 aliphatic rings. The van der Waals surface area contributed by atoms with Crippen LogP contribution in [0.1, 0.15) is 37.6 Å². The standard InChI is InChI=1S/C13H20N2/c1-10-5-3-8-13(10)14-9-12-7-4-6-11(2)15-12/h4,6-7,10,13-14H,3,5,8-9H2,1-2H3. The van der Waals surface area contributed by atoms with E-state index in [1.54, 1.807) is 0 Å². The Bertz CT molecular complexity index is 322. The van der Waals surface area contributed by atoms with Crippen LogP contribution in [0.15, 0.2) is 18.2 Å². The van der Waals surface area contributed by atoms with E-state index in [9.17, 15) is 0 Å². The summed E-state index contributed by atoms with van der Waals surface area (Å²) in [5, 5.41) is 3.61. The first-order chi connectivity index (χ1) is 7.25. The lowest BCUT2D eigenvalue weighted by atomic mass is 10.1. The Kier molecular flexibility index (Phi) is 3.37. The molecule has 1 aromatic rings. The molecule has 1 aliphatic carbocycles. The van der Waals surface area contributed by atoms with Gasteiger partial charge in [0.15, 0.2) is 0 Å². The Morgan fingerprint density at radius 2 is 2.27 bits per heavy atom. The monoisotopic (exact) mass is 204 g/mol. The first-order valence-corrected chi connectivity index (χ1v) is 5.91. The normalized spacial score (nSPS) is 25.7. The van der Waals surface area contributed by atoms with Crippen molar-refractivity contribution in [3.63, 3.8) is 0 Å². The highest BCUT2D eigenvalue weighted by Crippen LogP contribution is 2.24. The van der Waals surface area contributed by atoms with Crippen LogP contribution in [0.4, 0.5) is 0 Å². The van der Waals surface area contributed by atoms with E-state index in [4.69, 9.17) is 0 Å². The second-order valence-electron chi connectivity index (χ2n) is 4.67. The highest BCUT2D eigenvalue weighted by molar-refractivity contribution is 5.09. The summed E-state index contributed by atoms with van der Waals surface area (Å²) < 4.78 is 0. The van der Waals surface area contributed by atoms with E-state index in [2.05, 4.69) is 29.4 Å². The van der Waals surface area contributed by atoms with E-state index in [1.165, 1.54) is 19.3 Å². The van der Waals surface area contributed by atoms with Crippen molar-refractivity contribution >= 4 is 0 Å². The minimum absolute atomic E-state index is 0.701. The molecule has 15 heavy (non-hydrogen) atoms. The van der Waals surface area contributed by atoms with Crippen LogP contribution in [-0.4, -0.2) is 11.0 Å². The largest absolute Gasteiger partial charge is 0.308 e. The van der Waals surface area contributed by atoms with Crippen molar-refractivity contribution in [1.82, 2.24) is 10.3 Å². The van der Waals surface area contributed by atoms with Crippen molar-refractivity contribution in [3.05, 3.63) is 29.6 Å². The maximum atomic E-state index is 4.50. The van der Waals surface area contributed by atoms with Crippen LogP contribution in [0.3, 0.4) is 0 Å². The number of hydrogen-bond donors (Lipinski definition) is 1. The molecule has 1 heterocycles. The first-order valence-electron chi connectivity index (χ1n) is 5.91. The third-order valence-electron chi connectivity index (χ3n) is 3.35. The van der Waals surface area contributed by atoms with E-state index in [0.29, 0.717) is 6.04 Å². The van der Waals surface area contributed by atoms with Gasteiger partial charge in [0.2, 0.25) is 0 Å².